The van der Waals surface area contributed by atoms with Gasteiger partial charge in [-0.1, -0.05) is 42.5 Å². The molecule has 2 aromatic rings. The van der Waals surface area contributed by atoms with Crippen LogP contribution in [0.1, 0.15) is 5.56 Å². The molecule has 0 heterocycles. The molecule has 0 aliphatic rings. The van der Waals surface area contributed by atoms with E-state index in [2.05, 4.69) is 47.4 Å². The van der Waals surface area contributed by atoms with Crippen LogP contribution in [0.25, 0.3) is 16.5 Å². The zero-order chi connectivity index (χ0) is 12.8. The number of fused-ring (bicyclic) bond motifs is 1. The number of benzene rings is 2. The molecule has 0 aromatic heterocycles. The summed E-state index contributed by atoms with van der Waals surface area (Å²) in [6.45, 7) is 3.67. The van der Waals surface area contributed by atoms with Crippen molar-refractivity contribution in [3.05, 3.63) is 53.4 Å². The van der Waals surface area contributed by atoms with Crippen LogP contribution in [-0.2, 0) is 0 Å². The van der Waals surface area contributed by atoms with Gasteiger partial charge in [-0.3, -0.25) is 4.99 Å². The Balaban J connectivity index is 2.45. The Morgan fingerprint density at radius 3 is 2.83 bits per heavy atom. The van der Waals surface area contributed by atoms with Gasteiger partial charge in [0.2, 0.25) is 0 Å². The predicted molar refractivity (Wildman–Crippen MR) is 83.0 cm³/mol. The Kier molecular flexibility index (Phi) is 4.56. The van der Waals surface area contributed by atoms with Gasteiger partial charge in [0.1, 0.15) is 0 Å². The lowest BCUT2D eigenvalue weighted by molar-refractivity contribution is 0.985. The summed E-state index contributed by atoms with van der Waals surface area (Å²) in [5.41, 5.74) is 2.05. The second kappa shape index (κ2) is 6.38. The monoisotopic (exact) mass is 256 g/mol. The quantitative estimate of drug-likeness (QED) is 0.500. The van der Waals surface area contributed by atoms with Crippen molar-refractivity contribution < 1.29 is 0 Å². The highest BCUT2D eigenvalue weighted by Crippen LogP contribution is 2.27. The number of rotatable bonds is 5. The van der Waals surface area contributed by atoms with Gasteiger partial charge in [0.05, 0.1) is 5.70 Å². The third-order valence-electron chi connectivity index (χ3n) is 2.66. The van der Waals surface area contributed by atoms with E-state index in [0.717, 1.165) is 17.1 Å². The van der Waals surface area contributed by atoms with E-state index in [9.17, 15) is 0 Å². The summed E-state index contributed by atoms with van der Waals surface area (Å²) >= 11 is 1.68. The van der Waals surface area contributed by atoms with E-state index in [-0.39, 0.29) is 0 Å². The van der Waals surface area contributed by atoms with E-state index in [1.807, 2.05) is 24.6 Å². The van der Waals surface area contributed by atoms with E-state index in [0.29, 0.717) is 0 Å². The van der Waals surface area contributed by atoms with E-state index >= 15 is 0 Å². The fraction of sp³-hybridized carbons (Fsp3) is 0.133. The number of aliphatic imine (C=N–C) groups is 1. The van der Waals surface area contributed by atoms with Gasteiger partial charge in [0, 0.05) is 11.4 Å². The van der Waals surface area contributed by atoms with Gasteiger partial charge in [-0.05, 0) is 29.9 Å². The van der Waals surface area contributed by atoms with Gasteiger partial charge in [-0.25, -0.2) is 0 Å². The van der Waals surface area contributed by atoms with Gasteiger partial charge in [0.15, 0.2) is 0 Å². The standard InChI is InChI=1S/C15H16N2S/c1-16-11-18-10-15(17-2)14-9-5-7-12-6-3-4-8-13(12)14/h3-10,16H,2,11H2,1H3/b15-10-. The van der Waals surface area contributed by atoms with Crippen LogP contribution < -0.4 is 5.32 Å². The molecule has 0 amide bonds. The highest BCUT2D eigenvalue weighted by Gasteiger charge is 2.04. The first-order chi connectivity index (χ1) is 8.86. The zero-order valence-corrected chi connectivity index (χ0v) is 11.2. The van der Waals surface area contributed by atoms with Crippen LogP contribution in [0.15, 0.2) is 52.9 Å². The van der Waals surface area contributed by atoms with Crippen LogP contribution in [0.5, 0.6) is 0 Å². The summed E-state index contributed by atoms with van der Waals surface area (Å²) in [6, 6.07) is 14.6. The molecular weight excluding hydrogens is 240 g/mol. The first kappa shape index (κ1) is 12.9. The van der Waals surface area contributed by atoms with Crippen molar-refractivity contribution in [2.75, 3.05) is 12.9 Å². The normalized spacial score (nSPS) is 11.7. The van der Waals surface area contributed by atoms with Crippen molar-refractivity contribution in [2.24, 2.45) is 4.99 Å². The van der Waals surface area contributed by atoms with E-state index in [1.165, 1.54) is 10.8 Å². The molecule has 92 valence electrons. The lowest BCUT2D eigenvalue weighted by Gasteiger charge is -2.06. The molecule has 0 unspecified atom stereocenters. The fourth-order valence-corrected chi connectivity index (χ4v) is 2.45. The number of hydrogen-bond donors (Lipinski definition) is 1. The maximum atomic E-state index is 4.14. The molecule has 0 aliphatic carbocycles. The fourth-order valence-electron chi connectivity index (χ4n) is 1.84. The zero-order valence-electron chi connectivity index (χ0n) is 10.4. The van der Waals surface area contributed by atoms with Gasteiger partial charge in [-0.2, -0.15) is 0 Å². The minimum absolute atomic E-state index is 0.865. The summed E-state index contributed by atoms with van der Waals surface area (Å²) in [7, 11) is 1.93. The molecule has 0 saturated carbocycles. The topological polar surface area (TPSA) is 24.4 Å². The minimum atomic E-state index is 0.865. The van der Waals surface area contributed by atoms with Crippen LogP contribution in [0.3, 0.4) is 0 Å². The molecule has 2 rings (SSSR count). The highest BCUT2D eigenvalue weighted by atomic mass is 32.2. The molecule has 0 spiro atoms. The Bertz CT molecular complexity index is 570. The van der Waals surface area contributed by atoms with E-state index in [4.69, 9.17) is 0 Å². The first-order valence-electron chi connectivity index (χ1n) is 5.78. The smallest absolute Gasteiger partial charge is 0.0764 e. The summed E-state index contributed by atoms with van der Waals surface area (Å²) in [5, 5.41) is 7.58. The van der Waals surface area contributed by atoms with Crippen LogP contribution in [0, 0.1) is 0 Å². The number of hydrogen-bond acceptors (Lipinski definition) is 3. The van der Waals surface area contributed by atoms with Crippen molar-refractivity contribution in [3.63, 3.8) is 0 Å². The molecule has 0 atom stereocenters. The Morgan fingerprint density at radius 2 is 2.06 bits per heavy atom. The molecule has 0 aliphatic heterocycles. The molecule has 0 bridgehead atoms. The van der Waals surface area contributed by atoms with Crippen LogP contribution in [0.2, 0.25) is 0 Å². The second-order valence-electron chi connectivity index (χ2n) is 3.85. The summed E-state index contributed by atoms with van der Waals surface area (Å²) in [4.78, 5) is 4.14. The second-order valence-corrected chi connectivity index (χ2v) is 4.71. The average molecular weight is 256 g/mol. The lowest BCUT2D eigenvalue weighted by atomic mass is 10.0. The Hall–Kier alpha value is -1.58. The Labute approximate surface area is 112 Å². The predicted octanol–water partition coefficient (Wildman–Crippen LogP) is 3.75. The minimum Gasteiger partial charge on any atom is -0.311 e. The maximum Gasteiger partial charge on any atom is 0.0764 e. The SMILES string of the molecule is C=N/C(=C\SCNC)c1cccc2ccccc12. The van der Waals surface area contributed by atoms with Crippen molar-refractivity contribution in [2.45, 2.75) is 0 Å². The largest absolute Gasteiger partial charge is 0.311 e. The van der Waals surface area contributed by atoms with Crippen molar-refractivity contribution in [1.82, 2.24) is 5.32 Å². The Morgan fingerprint density at radius 1 is 1.28 bits per heavy atom. The molecule has 18 heavy (non-hydrogen) atoms. The van der Waals surface area contributed by atoms with Gasteiger partial charge in [-0.15, -0.1) is 11.8 Å². The number of thioether (sulfide) groups is 1. The van der Waals surface area contributed by atoms with E-state index < -0.39 is 0 Å². The lowest BCUT2D eigenvalue weighted by Crippen LogP contribution is -2.01. The van der Waals surface area contributed by atoms with Crippen molar-refractivity contribution in [3.8, 4) is 0 Å². The van der Waals surface area contributed by atoms with Crippen LogP contribution >= 0.6 is 11.8 Å². The van der Waals surface area contributed by atoms with Gasteiger partial charge >= 0.3 is 0 Å². The molecule has 2 aromatic carbocycles. The number of nitrogens with zero attached hydrogens (tertiary/aromatic N) is 1. The average Bonchev–Trinajstić information content (AvgIpc) is 2.43. The molecule has 0 saturated heterocycles. The maximum absolute atomic E-state index is 4.14. The third kappa shape index (κ3) is 2.81. The van der Waals surface area contributed by atoms with E-state index in [1.54, 1.807) is 11.8 Å². The summed E-state index contributed by atoms with van der Waals surface area (Å²) in [5.74, 6) is 0.865. The van der Waals surface area contributed by atoms with Crippen molar-refractivity contribution >= 4 is 34.9 Å². The van der Waals surface area contributed by atoms with Gasteiger partial charge < -0.3 is 5.32 Å². The van der Waals surface area contributed by atoms with Crippen LogP contribution in [0.4, 0.5) is 0 Å². The number of nitrogens with one attached hydrogen (secondary N) is 1. The third-order valence-corrected chi connectivity index (χ3v) is 3.50. The van der Waals surface area contributed by atoms with Gasteiger partial charge in [0.25, 0.3) is 0 Å². The molecule has 1 N–H and O–H groups in total. The summed E-state index contributed by atoms with van der Waals surface area (Å²) < 4.78 is 0. The molecule has 3 heteroatoms. The summed E-state index contributed by atoms with van der Waals surface area (Å²) in [6.07, 6.45) is 0. The van der Waals surface area contributed by atoms with Crippen molar-refractivity contribution in [1.29, 1.82) is 0 Å². The van der Waals surface area contributed by atoms with Crippen LogP contribution in [-0.4, -0.2) is 19.6 Å². The molecule has 0 fully saturated rings. The molecule has 2 nitrogen and oxygen atoms in total. The first-order valence-corrected chi connectivity index (χ1v) is 6.83. The molecule has 0 radical (unpaired) electrons. The highest BCUT2D eigenvalue weighted by molar-refractivity contribution is 8.02. The molecular formula is C15H16N2S.